The van der Waals surface area contributed by atoms with E-state index in [-0.39, 0.29) is 11.7 Å². The summed E-state index contributed by atoms with van der Waals surface area (Å²) in [7, 11) is 0. The molecule has 0 spiro atoms. The molecule has 0 aromatic heterocycles. The van der Waals surface area contributed by atoms with Crippen molar-refractivity contribution in [2.45, 2.75) is 26.3 Å². The van der Waals surface area contributed by atoms with Crippen LogP contribution < -0.4 is 5.73 Å². The number of amidine groups is 1. The molecule has 1 aromatic carbocycles. The highest BCUT2D eigenvalue weighted by Gasteiger charge is 2.21. The number of rotatable bonds is 4. The number of hydrogen-bond donors (Lipinski definition) is 2. The van der Waals surface area contributed by atoms with Crippen molar-refractivity contribution in [2.75, 3.05) is 13.1 Å². The van der Waals surface area contributed by atoms with E-state index in [0.29, 0.717) is 12.1 Å². The predicted molar refractivity (Wildman–Crippen MR) is 72.6 cm³/mol. The first kappa shape index (κ1) is 13.8. The maximum atomic E-state index is 13.5. The van der Waals surface area contributed by atoms with Crippen LogP contribution in [0.2, 0.25) is 0 Å². The smallest absolute Gasteiger partial charge is 0.170 e. The second-order valence-electron chi connectivity index (χ2n) is 5.13. The van der Waals surface area contributed by atoms with E-state index in [1.54, 1.807) is 6.07 Å². The van der Waals surface area contributed by atoms with Gasteiger partial charge in [0, 0.05) is 18.7 Å². The Morgan fingerprint density at radius 2 is 2.32 bits per heavy atom. The third kappa shape index (κ3) is 3.44. The summed E-state index contributed by atoms with van der Waals surface area (Å²) < 4.78 is 13.5. The molecular formula is C14H20FN3O. The van der Waals surface area contributed by atoms with E-state index < -0.39 is 0 Å². The minimum atomic E-state index is -0.356. The second kappa shape index (κ2) is 6.02. The molecule has 104 valence electrons. The first-order valence-corrected chi connectivity index (χ1v) is 6.62. The van der Waals surface area contributed by atoms with Gasteiger partial charge in [0.2, 0.25) is 0 Å². The van der Waals surface area contributed by atoms with E-state index in [0.717, 1.165) is 24.6 Å². The summed E-state index contributed by atoms with van der Waals surface area (Å²) in [4.78, 5) is 2.32. The zero-order valence-corrected chi connectivity index (χ0v) is 11.1. The zero-order valence-electron chi connectivity index (χ0n) is 11.1. The summed E-state index contributed by atoms with van der Waals surface area (Å²) in [6.07, 6.45) is 2.40. The van der Waals surface area contributed by atoms with Crippen molar-refractivity contribution < 1.29 is 9.60 Å². The monoisotopic (exact) mass is 265 g/mol. The van der Waals surface area contributed by atoms with E-state index >= 15 is 0 Å². The molecule has 19 heavy (non-hydrogen) atoms. The van der Waals surface area contributed by atoms with Crippen molar-refractivity contribution in [1.82, 2.24) is 4.90 Å². The van der Waals surface area contributed by atoms with Gasteiger partial charge in [0.05, 0.1) is 0 Å². The van der Waals surface area contributed by atoms with Crippen LogP contribution in [0.25, 0.3) is 0 Å². The average molecular weight is 265 g/mol. The Morgan fingerprint density at radius 3 is 2.95 bits per heavy atom. The number of hydrogen-bond acceptors (Lipinski definition) is 3. The highest BCUT2D eigenvalue weighted by atomic mass is 19.1. The van der Waals surface area contributed by atoms with Crippen molar-refractivity contribution in [3.8, 4) is 0 Å². The molecule has 1 heterocycles. The van der Waals surface area contributed by atoms with E-state index in [4.69, 9.17) is 10.9 Å². The molecule has 4 nitrogen and oxygen atoms in total. The molecule has 0 bridgehead atoms. The molecule has 0 aliphatic carbocycles. The quantitative estimate of drug-likeness (QED) is 0.379. The minimum absolute atomic E-state index is 0.0615. The zero-order chi connectivity index (χ0) is 13.8. The van der Waals surface area contributed by atoms with Gasteiger partial charge in [0.1, 0.15) is 5.82 Å². The highest BCUT2D eigenvalue weighted by Crippen LogP contribution is 2.21. The molecule has 0 radical (unpaired) electrons. The Kier molecular flexibility index (Phi) is 4.37. The predicted octanol–water partition coefficient (Wildman–Crippen LogP) is 2.15. The Morgan fingerprint density at radius 1 is 1.53 bits per heavy atom. The standard InChI is InChI=1S/C14H20FN3O/c1-2-10-3-4-18(8-10)9-11-5-12(14(16)17-19)7-13(15)6-11/h5-7,10,19H,2-4,8-9H2,1H3,(H2,16,17). The Balaban J connectivity index is 2.10. The van der Waals surface area contributed by atoms with Gasteiger partial charge >= 0.3 is 0 Å². The van der Waals surface area contributed by atoms with Gasteiger partial charge in [-0.25, -0.2) is 4.39 Å². The van der Waals surface area contributed by atoms with Crippen molar-refractivity contribution >= 4 is 5.84 Å². The first-order chi connectivity index (χ1) is 9.12. The third-order valence-electron chi connectivity index (χ3n) is 3.71. The van der Waals surface area contributed by atoms with Crippen LogP contribution in [0.3, 0.4) is 0 Å². The van der Waals surface area contributed by atoms with Crippen LogP contribution in [-0.2, 0) is 6.54 Å². The van der Waals surface area contributed by atoms with Crippen LogP contribution in [0, 0.1) is 11.7 Å². The molecule has 2 rings (SSSR count). The SMILES string of the molecule is CCC1CCN(Cc2cc(F)cc(/C(N)=N/O)c2)C1. The normalized spacial score (nSPS) is 20.9. The van der Waals surface area contributed by atoms with Gasteiger partial charge in [-0.05, 0) is 42.6 Å². The van der Waals surface area contributed by atoms with Crippen molar-refractivity contribution in [1.29, 1.82) is 0 Å². The fourth-order valence-corrected chi connectivity index (χ4v) is 2.60. The summed E-state index contributed by atoms with van der Waals surface area (Å²) in [6, 6.07) is 4.56. The molecule has 1 atom stereocenters. The molecule has 0 saturated carbocycles. The van der Waals surface area contributed by atoms with Gasteiger partial charge in [-0.1, -0.05) is 18.5 Å². The maximum Gasteiger partial charge on any atom is 0.170 e. The van der Waals surface area contributed by atoms with Crippen molar-refractivity contribution in [3.05, 3.63) is 35.1 Å². The number of likely N-dealkylation sites (tertiary alicyclic amines) is 1. The Hall–Kier alpha value is -1.62. The van der Waals surface area contributed by atoms with Gasteiger partial charge in [0.15, 0.2) is 5.84 Å². The summed E-state index contributed by atoms with van der Waals surface area (Å²) in [5.41, 5.74) is 6.78. The number of nitrogens with two attached hydrogens (primary N) is 1. The van der Waals surface area contributed by atoms with E-state index in [1.807, 2.05) is 0 Å². The minimum Gasteiger partial charge on any atom is -0.409 e. The maximum absolute atomic E-state index is 13.5. The molecule has 5 heteroatoms. The largest absolute Gasteiger partial charge is 0.409 e. The van der Waals surface area contributed by atoms with Gasteiger partial charge in [0.25, 0.3) is 0 Å². The number of oxime groups is 1. The summed E-state index contributed by atoms with van der Waals surface area (Å²) >= 11 is 0. The molecule has 1 unspecified atom stereocenters. The summed E-state index contributed by atoms with van der Waals surface area (Å²) in [5.74, 6) is 0.330. The lowest BCUT2D eigenvalue weighted by molar-refractivity contribution is 0.314. The Bertz CT molecular complexity index is 476. The lowest BCUT2D eigenvalue weighted by Gasteiger charge is -2.16. The van der Waals surface area contributed by atoms with Crippen molar-refractivity contribution in [3.63, 3.8) is 0 Å². The highest BCUT2D eigenvalue weighted by molar-refractivity contribution is 5.97. The fraction of sp³-hybridized carbons (Fsp3) is 0.500. The van der Waals surface area contributed by atoms with Gasteiger partial charge in [-0.2, -0.15) is 0 Å². The molecule has 0 amide bonds. The van der Waals surface area contributed by atoms with E-state index in [9.17, 15) is 4.39 Å². The number of benzene rings is 1. The van der Waals surface area contributed by atoms with E-state index in [2.05, 4.69) is 17.0 Å². The van der Waals surface area contributed by atoms with Crippen LogP contribution in [0.15, 0.2) is 23.4 Å². The average Bonchev–Trinajstić information content (AvgIpc) is 2.84. The molecular weight excluding hydrogens is 245 g/mol. The summed E-state index contributed by atoms with van der Waals surface area (Å²) in [6.45, 7) is 5.02. The topological polar surface area (TPSA) is 61.8 Å². The third-order valence-corrected chi connectivity index (χ3v) is 3.71. The fourth-order valence-electron chi connectivity index (χ4n) is 2.60. The number of nitrogens with zero attached hydrogens (tertiary/aromatic N) is 2. The molecule has 1 aliphatic rings. The van der Waals surface area contributed by atoms with Crippen LogP contribution in [-0.4, -0.2) is 29.0 Å². The molecule has 3 N–H and O–H groups in total. The van der Waals surface area contributed by atoms with Crippen LogP contribution in [0.1, 0.15) is 30.9 Å². The molecule has 1 aromatic rings. The van der Waals surface area contributed by atoms with Gasteiger partial charge < -0.3 is 10.9 Å². The van der Waals surface area contributed by atoms with Gasteiger partial charge in [-0.3, -0.25) is 4.90 Å². The molecule has 1 saturated heterocycles. The van der Waals surface area contributed by atoms with Crippen LogP contribution in [0.5, 0.6) is 0 Å². The van der Waals surface area contributed by atoms with E-state index in [1.165, 1.54) is 25.0 Å². The summed E-state index contributed by atoms with van der Waals surface area (Å²) in [5, 5.41) is 11.6. The first-order valence-electron chi connectivity index (χ1n) is 6.62. The lowest BCUT2D eigenvalue weighted by Crippen LogP contribution is -2.21. The lowest BCUT2D eigenvalue weighted by atomic mass is 10.1. The van der Waals surface area contributed by atoms with Crippen LogP contribution in [0.4, 0.5) is 4.39 Å². The van der Waals surface area contributed by atoms with Gasteiger partial charge in [-0.15, -0.1) is 0 Å². The molecule has 1 fully saturated rings. The van der Waals surface area contributed by atoms with Crippen molar-refractivity contribution in [2.24, 2.45) is 16.8 Å². The second-order valence-corrected chi connectivity index (χ2v) is 5.13. The number of halogens is 1. The Labute approximate surface area is 112 Å². The van der Waals surface area contributed by atoms with Crippen LogP contribution >= 0.6 is 0 Å². The molecule has 1 aliphatic heterocycles.